The number of benzene rings is 1. The molecule has 25 heavy (non-hydrogen) atoms. The van der Waals surface area contributed by atoms with Gasteiger partial charge in [-0.2, -0.15) is 0 Å². The van der Waals surface area contributed by atoms with Gasteiger partial charge in [-0.3, -0.25) is 9.69 Å². The summed E-state index contributed by atoms with van der Waals surface area (Å²) >= 11 is 0. The molecule has 8 nitrogen and oxygen atoms in total. The van der Waals surface area contributed by atoms with Crippen LogP contribution in [0.3, 0.4) is 0 Å². The number of fused-ring (bicyclic) bond motifs is 2. The molecule has 1 aromatic heterocycles. The van der Waals surface area contributed by atoms with Gasteiger partial charge in [0.15, 0.2) is 11.5 Å². The average Bonchev–Trinajstić information content (AvgIpc) is 2.81. The minimum atomic E-state index is -0.849. The molecule has 3 heterocycles. The fourth-order valence-electron chi connectivity index (χ4n) is 3.36. The van der Waals surface area contributed by atoms with Crippen molar-refractivity contribution in [3.05, 3.63) is 35.4 Å². The molecule has 2 aromatic rings. The molecule has 0 aliphatic carbocycles. The number of carbonyl (C=O) groups is 1. The molecular formula is C17H20N4O4. The van der Waals surface area contributed by atoms with Gasteiger partial charge in [-0.1, -0.05) is 12.1 Å². The fraction of sp³-hybridized carbons (Fsp3) is 0.471. The number of rotatable bonds is 3. The van der Waals surface area contributed by atoms with Crippen molar-refractivity contribution in [3.63, 3.8) is 0 Å². The summed E-state index contributed by atoms with van der Waals surface area (Å²) in [5.74, 6) is 2.11. The standard InChI is InChI=1S/C17H20N4O4/c1-11-18-19-15-10-20(13(17(22)23)9-21(11)15)8-12-4-2-5-14-16(12)25-7-3-6-24-14/h2,4-5,13H,3,6-10H2,1H3,(H,22,23). The second-order valence-electron chi connectivity index (χ2n) is 6.33. The summed E-state index contributed by atoms with van der Waals surface area (Å²) in [6, 6.07) is 5.12. The molecule has 8 heteroatoms. The summed E-state index contributed by atoms with van der Waals surface area (Å²) in [5, 5.41) is 17.9. The van der Waals surface area contributed by atoms with Gasteiger partial charge in [-0.05, 0) is 13.0 Å². The summed E-state index contributed by atoms with van der Waals surface area (Å²) in [5.41, 5.74) is 0.926. The molecule has 0 saturated heterocycles. The molecule has 2 aliphatic rings. The van der Waals surface area contributed by atoms with Crippen molar-refractivity contribution < 1.29 is 19.4 Å². The minimum Gasteiger partial charge on any atom is -0.490 e. The van der Waals surface area contributed by atoms with E-state index in [1.807, 2.05) is 34.6 Å². The lowest BCUT2D eigenvalue weighted by Gasteiger charge is -2.33. The largest absolute Gasteiger partial charge is 0.490 e. The lowest BCUT2D eigenvalue weighted by Crippen LogP contribution is -2.47. The third-order valence-electron chi connectivity index (χ3n) is 4.66. The molecular weight excluding hydrogens is 324 g/mol. The molecule has 2 aliphatic heterocycles. The topological polar surface area (TPSA) is 89.7 Å². The highest BCUT2D eigenvalue weighted by Crippen LogP contribution is 2.35. The van der Waals surface area contributed by atoms with Crippen LogP contribution in [0.25, 0.3) is 0 Å². The van der Waals surface area contributed by atoms with Crippen LogP contribution < -0.4 is 9.47 Å². The number of ether oxygens (including phenoxy) is 2. The zero-order valence-corrected chi connectivity index (χ0v) is 14.0. The molecule has 0 bridgehead atoms. The number of carboxylic acid groups (broad SMARTS) is 1. The van der Waals surface area contributed by atoms with Crippen LogP contribution in [-0.2, 0) is 24.4 Å². The summed E-state index contributed by atoms with van der Waals surface area (Å²) in [4.78, 5) is 13.7. The molecule has 1 unspecified atom stereocenters. The minimum absolute atomic E-state index is 0.343. The van der Waals surface area contributed by atoms with Gasteiger partial charge >= 0.3 is 5.97 Å². The number of aryl methyl sites for hydroxylation is 1. The molecule has 0 fully saturated rings. The van der Waals surface area contributed by atoms with Gasteiger partial charge in [0.1, 0.15) is 17.7 Å². The number of aliphatic carboxylic acids is 1. The Hall–Kier alpha value is -2.61. The van der Waals surface area contributed by atoms with Crippen LogP contribution in [0.15, 0.2) is 18.2 Å². The first-order chi connectivity index (χ1) is 12.1. The summed E-state index contributed by atoms with van der Waals surface area (Å²) in [6.07, 6.45) is 0.831. The maximum atomic E-state index is 11.8. The first kappa shape index (κ1) is 15.9. The maximum Gasteiger partial charge on any atom is 0.322 e. The zero-order valence-electron chi connectivity index (χ0n) is 14.0. The number of aromatic nitrogens is 3. The first-order valence-corrected chi connectivity index (χ1v) is 8.36. The van der Waals surface area contributed by atoms with E-state index >= 15 is 0 Å². The summed E-state index contributed by atoms with van der Waals surface area (Å²) < 4.78 is 13.5. The van der Waals surface area contributed by atoms with Gasteiger partial charge in [0, 0.05) is 18.5 Å². The van der Waals surface area contributed by atoms with Gasteiger partial charge < -0.3 is 19.1 Å². The lowest BCUT2D eigenvalue weighted by atomic mass is 10.1. The van der Waals surface area contributed by atoms with Crippen molar-refractivity contribution in [3.8, 4) is 11.5 Å². The SMILES string of the molecule is Cc1nnc2n1CC(C(=O)O)N(Cc1cccc3c1OCCCO3)C2. The fourth-order valence-corrected chi connectivity index (χ4v) is 3.36. The van der Waals surface area contributed by atoms with Gasteiger partial charge in [-0.15, -0.1) is 10.2 Å². The highest BCUT2D eigenvalue weighted by molar-refractivity contribution is 5.73. The first-order valence-electron chi connectivity index (χ1n) is 8.36. The lowest BCUT2D eigenvalue weighted by molar-refractivity contribution is -0.145. The molecule has 1 aromatic carbocycles. The van der Waals surface area contributed by atoms with E-state index in [1.54, 1.807) is 0 Å². The number of hydrogen-bond donors (Lipinski definition) is 1. The Morgan fingerprint density at radius 3 is 3.00 bits per heavy atom. The quantitative estimate of drug-likeness (QED) is 0.895. The summed E-state index contributed by atoms with van der Waals surface area (Å²) in [7, 11) is 0. The molecule has 0 saturated carbocycles. The molecule has 4 rings (SSSR count). The van der Waals surface area contributed by atoms with Crippen molar-refractivity contribution >= 4 is 5.97 Å². The number of nitrogens with zero attached hydrogens (tertiary/aromatic N) is 4. The van der Waals surface area contributed by atoms with Crippen LogP contribution in [-0.4, -0.2) is 50.0 Å². The summed E-state index contributed by atoms with van der Waals surface area (Å²) in [6.45, 7) is 4.29. The molecule has 1 N–H and O–H groups in total. The normalized spacial score (nSPS) is 20.0. The number of hydrogen-bond acceptors (Lipinski definition) is 6. The van der Waals surface area contributed by atoms with Crippen LogP contribution in [0, 0.1) is 6.92 Å². The molecule has 0 spiro atoms. The smallest absolute Gasteiger partial charge is 0.322 e. The van der Waals surface area contributed by atoms with Crippen molar-refractivity contribution in [2.45, 2.75) is 39.0 Å². The van der Waals surface area contributed by atoms with E-state index in [0.717, 1.165) is 29.4 Å². The third kappa shape index (κ3) is 2.93. The van der Waals surface area contributed by atoms with E-state index in [9.17, 15) is 9.90 Å². The predicted molar refractivity (Wildman–Crippen MR) is 87.5 cm³/mol. The van der Waals surface area contributed by atoms with Crippen molar-refractivity contribution in [2.75, 3.05) is 13.2 Å². The van der Waals surface area contributed by atoms with Crippen LogP contribution in [0.1, 0.15) is 23.6 Å². The van der Waals surface area contributed by atoms with E-state index in [2.05, 4.69) is 10.2 Å². The molecule has 0 amide bonds. The van der Waals surface area contributed by atoms with Crippen molar-refractivity contribution in [1.82, 2.24) is 19.7 Å². The Bertz CT molecular complexity index is 804. The van der Waals surface area contributed by atoms with E-state index in [0.29, 0.717) is 38.6 Å². The second kappa shape index (κ2) is 6.36. The maximum absolute atomic E-state index is 11.8. The van der Waals surface area contributed by atoms with Crippen LogP contribution >= 0.6 is 0 Å². The Labute approximate surface area is 145 Å². The number of carboxylic acids is 1. The highest BCUT2D eigenvalue weighted by Gasteiger charge is 2.34. The highest BCUT2D eigenvalue weighted by atomic mass is 16.5. The Morgan fingerprint density at radius 2 is 2.16 bits per heavy atom. The third-order valence-corrected chi connectivity index (χ3v) is 4.66. The van der Waals surface area contributed by atoms with Crippen molar-refractivity contribution in [2.24, 2.45) is 0 Å². The van der Waals surface area contributed by atoms with Crippen LogP contribution in [0.2, 0.25) is 0 Å². The van der Waals surface area contributed by atoms with E-state index < -0.39 is 12.0 Å². The van der Waals surface area contributed by atoms with E-state index in [-0.39, 0.29) is 0 Å². The van der Waals surface area contributed by atoms with E-state index in [4.69, 9.17) is 9.47 Å². The van der Waals surface area contributed by atoms with Crippen LogP contribution in [0.5, 0.6) is 11.5 Å². The van der Waals surface area contributed by atoms with Crippen molar-refractivity contribution in [1.29, 1.82) is 0 Å². The Balaban J connectivity index is 1.64. The average molecular weight is 344 g/mol. The van der Waals surface area contributed by atoms with Gasteiger partial charge in [0.05, 0.1) is 26.3 Å². The zero-order chi connectivity index (χ0) is 17.4. The predicted octanol–water partition coefficient (Wildman–Crippen LogP) is 1.22. The molecule has 132 valence electrons. The number of para-hydroxylation sites is 1. The Kier molecular flexibility index (Phi) is 4.04. The van der Waals surface area contributed by atoms with Gasteiger partial charge in [0.2, 0.25) is 0 Å². The second-order valence-corrected chi connectivity index (χ2v) is 6.33. The molecule has 0 radical (unpaired) electrons. The van der Waals surface area contributed by atoms with Gasteiger partial charge in [-0.25, -0.2) is 0 Å². The monoisotopic (exact) mass is 344 g/mol. The van der Waals surface area contributed by atoms with Crippen LogP contribution in [0.4, 0.5) is 0 Å². The molecule has 1 atom stereocenters. The van der Waals surface area contributed by atoms with Gasteiger partial charge in [0.25, 0.3) is 0 Å². The van der Waals surface area contributed by atoms with E-state index in [1.165, 1.54) is 0 Å². The Morgan fingerprint density at radius 1 is 1.32 bits per heavy atom.